The number of hydrogen-bond acceptors (Lipinski definition) is 4. The van der Waals surface area contributed by atoms with Gasteiger partial charge < -0.3 is 14.8 Å². The number of ether oxygens (including phenoxy) is 2. The van der Waals surface area contributed by atoms with E-state index in [0.29, 0.717) is 6.61 Å². The normalized spacial score (nSPS) is 19.2. The molecule has 0 bridgehead atoms. The maximum Gasteiger partial charge on any atom is 0.161 e. The molecule has 0 radical (unpaired) electrons. The molecule has 0 aliphatic carbocycles. The number of aryl methyl sites for hydroxylation is 1. The molecule has 3 rings (SSSR count). The van der Waals surface area contributed by atoms with Gasteiger partial charge in [-0.1, -0.05) is 12.1 Å². The molecule has 0 fully saturated rings. The smallest absolute Gasteiger partial charge is 0.161 e. The summed E-state index contributed by atoms with van der Waals surface area (Å²) in [6.45, 7) is 2.71. The highest BCUT2D eigenvalue weighted by Crippen LogP contribution is 2.35. The largest absolute Gasteiger partial charge is 0.486 e. The lowest BCUT2D eigenvalue weighted by Gasteiger charge is -2.32. The topological polar surface area (TPSA) is 30.5 Å². The van der Waals surface area contributed by atoms with Crippen LogP contribution in [0.3, 0.4) is 0 Å². The van der Waals surface area contributed by atoms with Crippen molar-refractivity contribution < 1.29 is 9.47 Å². The van der Waals surface area contributed by atoms with Crippen LogP contribution in [0.1, 0.15) is 16.5 Å². The molecule has 2 unspecified atom stereocenters. The Labute approximate surface area is 117 Å². The molecule has 0 amide bonds. The fourth-order valence-electron chi connectivity index (χ4n) is 2.46. The Balaban J connectivity index is 1.85. The third kappa shape index (κ3) is 2.33. The third-order valence-electron chi connectivity index (χ3n) is 3.45. The number of likely N-dealkylation sites (N-methyl/N-ethyl adjacent to an activating group) is 1. The van der Waals surface area contributed by atoms with Crippen molar-refractivity contribution in [2.75, 3.05) is 13.7 Å². The predicted molar refractivity (Wildman–Crippen MR) is 77.2 cm³/mol. The minimum Gasteiger partial charge on any atom is -0.486 e. The van der Waals surface area contributed by atoms with Crippen LogP contribution in [-0.2, 0) is 0 Å². The van der Waals surface area contributed by atoms with Gasteiger partial charge in [-0.2, -0.15) is 0 Å². The molecule has 1 aromatic carbocycles. The summed E-state index contributed by atoms with van der Waals surface area (Å²) in [5, 5.41) is 5.47. The van der Waals surface area contributed by atoms with E-state index in [1.54, 1.807) is 11.3 Å². The highest BCUT2D eigenvalue weighted by molar-refractivity contribution is 7.10. The van der Waals surface area contributed by atoms with E-state index in [-0.39, 0.29) is 12.1 Å². The molecule has 2 heterocycles. The highest BCUT2D eigenvalue weighted by atomic mass is 32.1. The summed E-state index contributed by atoms with van der Waals surface area (Å²) < 4.78 is 11.9. The van der Waals surface area contributed by atoms with Crippen LogP contribution in [0.4, 0.5) is 0 Å². The monoisotopic (exact) mass is 275 g/mol. The van der Waals surface area contributed by atoms with Crippen molar-refractivity contribution in [3.8, 4) is 11.5 Å². The second-order valence-corrected chi connectivity index (χ2v) is 5.73. The highest BCUT2D eigenvalue weighted by Gasteiger charge is 2.30. The van der Waals surface area contributed by atoms with Crippen molar-refractivity contribution >= 4 is 11.3 Å². The maximum atomic E-state index is 6.08. The lowest BCUT2D eigenvalue weighted by Crippen LogP contribution is -2.40. The van der Waals surface area contributed by atoms with Gasteiger partial charge in [0.2, 0.25) is 0 Å². The van der Waals surface area contributed by atoms with E-state index >= 15 is 0 Å². The van der Waals surface area contributed by atoms with Crippen molar-refractivity contribution in [1.29, 1.82) is 0 Å². The zero-order chi connectivity index (χ0) is 13.2. The predicted octanol–water partition coefficient (Wildman–Crippen LogP) is 3.16. The number of fused-ring (bicyclic) bond motifs is 1. The standard InChI is InChI=1S/C15H17NO2S/c1-10-11(7-8-19-10)15(16-2)14-9-17-12-5-3-4-6-13(12)18-14/h3-8,14-16H,9H2,1-2H3. The fourth-order valence-corrected chi connectivity index (χ4v) is 3.21. The molecule has 3 nitrogen and oxygen atoms in total. The summed E-state index contributed by atoms with van der Waals surface area (Å²) in [5.41, 5.74) is 1.29. The van der Waals surface area contributed by atoms with Gasteiger partial charge in [0.05, 0.1) is 6.04 Å². The van der Waals surface area contributed by atoms with Crippen LogP contribution < -0.4 is 14.8 Å². The molecule has 1 aliphatic rings. The zero-order valence-electron chi connectivity index (χ0n) is 11.1. The molecule has 2 atom stereocenters. The Morgan fingerprint density at radius 3 is 2.74 bits per heavy atom. The number of benzene rings is 1. The molecule has 0 saturated carbocycles. The summed E-state index contributed by atoms with van der Waals surface area (Å²) in [5.74, 6) is 1.66. The molecular weight excluding hydrogens is 258 g/mol. The van der Waals surface area contributed by atoms with E-state index in [1.165, 1.54) is 10.4 Å². The molecule has 2 aromatic rings. The lowest BCUT2D eigenvalue weighted by molar-refractivity contribution is 0.0638. The van der Waals surface area contributed by atoms with Gasteiger partial charge in [-0.15, -0.1) is 11.3 Å². The Bertz CT molecular complexity index is 567. The van der Waals surface area contributed by atoms with Gasteiger partial charge in [-0.05, 0) is 43.1 Å². The molecule has 4 heteroatoms. The summed E-state index contributed by atoms with van der Waals surface area (Å²) in [7, 11) is 1.96. The second-order valence-electron chi connectivity index (χ2n) is 4.61. The Hall–Kier alpha value is -1.52. The second kappa shape index (κ2) is 5.23. The van der Waals surface area contributed by atoms with E-state index in [2.05, 4.69) is 23.7 Å². The number of nitrogens with one attached hydrogen (secondary N) is 1. The molecule has 0 saturated heterocycles. The van der Waals surface area contributed by atoms with Crippen LogP contribution in [0, 0.1) is 6.92 Å². The van der Waals surface area contributed by atoms with Gasteiger partial charge in [0.25, 0.3) is 0 Å². The molecule has 100 valence electrons. The van der Waals surface area contributed by atoms with E-state index in [0.717, 1.165) is 11.5 Å². The summed E-state index contributed by atoms with van der Waals surface area (Å²) in [4.78, 5) is 1.32. The number of thiophene rings is 1. The van der Waals surface area contributed by atoms with Crippen LogP contribution in [0.25, 0.3) is 0 Å². The minimum atomic E-state index is -0.00630. The van der Waals surface area contributed by atoms with Crippen molar-refractivity contribution in [3.05, 3.63) is 46.2 Å². The van der Waals surface area contributed by atoms with Gasteiger partial charge in [0.15, 0.2) is 17.6 Å². The summed E-state index contributed by atoms with van der Waals surface area (Å²) in [6, 6.07) is 10.1. The first kappa shape index (κ1) is 12.5. The average Bonchev–Trinajstić information content (AvgIpc) is 2.86. The van der Waals surface area contributed by atoms with Crippen LogP contribution in [-0.4, -0.2) is 19.8 Å². The van der Waals surface area contributed by atoms with Crippen molar-refractivity contribution in [2.24, 2.45) is 0 Å². The number of hydrogen-bond donors (Lipinski definition) is 1. The Morgan fingerprint density at radius 1 is 1.26 bits per heavy atom. The number of rotatable bonds is 3. The third-order valence-corrected chi connectivity index (χ3v) is 4.31. The average molecular weight is 275 g/mol. The quantitative estimate of drug-likeness (QED) is 0.933. The lowest BCUT2D eigenvalue weighted by atomic mass is 10.0. The first-order chi connectivity index (χ1) is 9.29. The molecule has 0 spiro atoms. The summed E-state index contributed by atoms with van der Waals surface area (Å²) in [6.07, 6.45) is -0.00630. The van der Waals surface area contributed by atoms with Crippen molar-refractivity contribution in [3.63, 3.8) is 0 Å². The van der Waals surface area contributed by atoms with Gasteiger partial charge >= 0.3 is 0 Å². The van der Waals surface area contributed by atoms with Crippen LogP contribution in [0.2, 0.25) is 0 Å². The van der Waals surface area contributed by atoms with E-state index in [4.69, 9.17) is 9.47 Å². The maximum absolute atomic E-state index is 6.08. The van der Waals surface area contributed by atoms with E-state index in [9.17, 15) is 0 Å². The molecule has 1 aromatic heterocycles. The molecule has 1 N–H and O–H groups in total. The molecule has 19 heavy (non-hydrogen) atoms. The molecular formula is C15H17NO2S. The van der Waals surface area contributed by atoms with Gasteiger partial charge in [0.1, 0.15) is 6.61 Å². The Morgan fingerprint density at radius 2 is 2.05 bits per heavy atom. The van der Waals surface area contributed by atoms with Gasteiger partial charge in [-0.25, -0.2) is 0 Å². The van der Waals surface area contributed by atoms with Crippen molar-refractivity contribution in [2.45, 2.75) is 19.1 Å². The number of para-hydroxylation sites is 2. The SMILES string of the molecule is CNC(c1ccsc1C)C1COc2ccccc2O1. The van der Waals surface area contributed by atoms with Gasteiger partial charge in [-0.3, -0.25) is 0 Å². The minimum absolute atomic E-state index is 0.00630. The van der Waals surface area contributed by atoms with E-state index in [1.807, 2.05) is 31.3 Å². The first-order valence-corrected chi connectivity index (χ1v) is 7.27. The van der Waals surface area contributed by atoms with Gasteiger partial charge in [0, 0.05) is 4.88 Å². The van der Waals surface area contributed by atoms with Crippen LogP contribution >= 0.6 is 11.3 Å². The molecule has 1 aliphatic heterocycles. The van der Waals surface area contributed by atoms with E-state index < -0.39 is 0 Å². The van der Waals surface area contributed by atoms with Crippen molar-refractivity contribution in [1.82, 2.24) is 5.32 Å². The zero-order valence-corrected chi connectivity index (χ0v) is 11.9. The van der Waals surface area contributed by atoms with Crippen LogP contribution in [0.15, 0.2) is 35.7 Å². The van der Waals surface area contributed by atoms with Crippen LogP contribution in [0.5, 0.6) is 11.5 Å². The Kier molecular flexibility index (Phi) is 3.44. The fraction of sp³-hybridized carbons (Fsp3) is 0.333. The summed E-state index contributed by atoms with van der Waals surface area (Å²) >= 11 is 1.76. The first-order valence-electron chi connectivity index (χ1n) is 6.39.